The lowest BCUT2D eigenvalue weighted by Gasteiger charge is -2.37. The summed E-state index contributed by atoms with van der Waals surface area (Å²) in [6, 6.07) is 2.79. The van der Waals surface area contributed by atoms with Crippen molar-refractivity contribution in [2.24, 2.45) is 5.92 Å². The summed E-state index contributed by atoms with van der Waals surface area (Å²) in [6.45, 7) is 0.632. The van der Waals surface area contributed by atoms with Gasteiger partial charge in [-0.05, 0) is 31.2 Å². The summed E-state index contributed by atoms with van der Waals surface area (Å²) in [5.41, 5.74) is 0.141. The maximum Gasteiger partial charge on any atom is 0.409 e. The van der Waals surface area contributed by atoms with E-state index in [0.717, 1.165) is 4.68 Å². The van der Waals surface area contributed by atoms with Gasteiger partial charge in [0.1, 0.15) is 11.8 Å². The molecule has 0 unspecified atom stereocenters. The van der Waals surface area contributed by atoms with E-state index >= 15 is 0 Å². The van der Waals surface area contributed by atoms with Crippen molar-refractivity contribution in [3.05, 3.63) is 29.7 Å². The van der Waals surface area contributed by atoms with E-state index in [1.54, 1.807) is 6.07 Å². The van der Waals surface area contributed by atoms with Crippen LogP contribution in [0.25, 0.3) is 5.95 Å². The molecule has 2 fully saturated rings. The molecule has 0 N–H and O–H groups in total. The zero-order chi connectivity index (χ0) is 22.9. The molecular formula is C20H23F4N5O3. The van der Waals surface area contributed by atoms with Gasteiger partial charge in [-0.1, -0.05) is 0 Å². The number of amides is 1. The van der Waals surface area contributed by atoms with Crippen LogP contribution >= 0.6 is 0 Å². The van der Waals surface area contributed by atoms with Crippen LogP contribution in [-0.4, -0.2) is 63.0 Å². The maximum absolute atomic E-state index is 13.5. The SMILES string of the molecule is COC(=O)N1CC(Oc2cc(CC3CCC(F)(F)CC3)nc(-n3ccc(C(F)F)n3)n2)C1. The van der Waals surface area contributed by atoms with Crippen LogP contribution in [0.5, 0.6) is 5.88 Å². The summed E-state index contributed by atoms with van der Waals surface area (Å²) < 4.78 is 64.5. The molecule has 0 bridgehead atoms. The highest BCUT2D eigenvalue weighted by atomic mass is 19.3. The zero-order valence-electron chi connectivity index (χ0n) is 17.4. The number of methoxy groups -OCH3 is 1. The first-order chi connectivity index (χ1) is 15.2. The molecule has 12 heteroatoms. The van der Waals surface area contributed by atoms with Crippen LogP contribution in [0, 0.1) is 5.92 Å². The second-order valence-electron chi connectivity index (χ2n) is 8.10. The van der Waals surface area contributed by atoms with Gasteiger partial charge in [-0.3, -0.25) is 0 Å². The van der Waals surface area contributed by atoms with E-state index in [9.17, 15) is 22.4 Å². The Hall–Kier alpha value is -2.92. The Morgan fingerprint density at radius 1 is 1.25 bits per heavy atom. The summed E-state index contributed by atoms with van der Waals surface area (Å²) >= 11 is 0. The molecule has 174 valence electrons. The van der Waals surface area contributed by atoms with Crippen molar-refractivity contribution in [3.63, 3.8) is 0 Å². The highest BCUT2D eigenvalue weighted by Crippen LogP contribution is 2.37. The third-order valence-electron chi connectivity index (χ3n) is 5.68. The Labute approximate surface area is 181 Å². The van der Waals surface area contributed by atoms with Gasteiger partial charge in [-0.2, -0.15) is 10.1 Å². The molecule has 1 aliphatic carbocycles. The first-order valence-corrected chi connectivity index (χ1v) is 10.3. The van der Waals surface area contributed by atoms with Gasteiger partial charge in [0.15, 0.2) is 0 Å². The minimum absolute atomic E-state index is 0.0259. The fourth-order valence-corrected chi connectivity index (χ4v) is 3.85. The van der Waals surface area contributed by atoms with Crippen molar-refractivity contribution >= 4 is 6.09 Å². The van der Waals surface area contributed by atoms with Crippen LogP contribution < -0.4 is 4.74 Å². The van der Waals surface area contributed by atoms with Gasteiger partial charge in [0.2, 0.25) is 11.8 Å². The molecule has 2 aromatic heterocycles. The van der Waals surface area contributed by atoms with E-state index in [1.807, 2.05) is 0 Å². The lowest BCUT2D eigenvalue weighted by molar-refractivity contribution is -0.0457. The number of carbonyl (C=O) groups is 1. The molecular weight excluding hydrogens is 434 g/mol. The highest BCUT2D eigenvalue weighted by Gasteiger charge is 2.36. The monoisotopic (exact) mass is 457 g/mol. The van der Waals surface area contributed by atoms with Crippen LogP contribution in [0.3, 0.4) is 0 Å². The second-order valence-corrected chi connectivity index (χ2v) is 8.10. The van der Waals surface area contributed by atoms with Crippen molar-refractivity contribution in [1.29, 1.82) is 0 Å². The van der Waals surface area contributed by atoms with E-state index in [1.165, 1.54) is 24.3 Å². The van der Waals surface area contributed by atoms with Crippen molar-refractivity contribution in [2.45, 2.75) is 50.6 Å². The van der Waals surface area contributed by atoms with E-state index in [0.29, 0.717) is 38.0 Å². The fourth-order valence-electron chi connectivity index (χ4n) is 3.85. The molecule has 1 saturated heterocycles. The summed E-state index contributed by atoms with van der Waals surface area (Å²) in [7, 11) is 1.29. The maximum atomic E-state index is 13.5. The van der Waals surface area contributed by atoms with Crippen LogP contribution in [-0.2, 0) is 11.2 Å². The molecule has 0 aromatic carbocycles. The summed E-state index contributed by atoms with van der Waals surface area (Å²) in [4.78, 5) is 21.6. The number of likely N-dealkylation sites (tertiary alicyclic amines) is 1. The van der Waals surface area contributed by atoms with Gasteiger partial charge in [0.25, 0.3) is 12.4 Å². The number of rotatable bonds is 6. The first-order valence-electron chi connectivity index (χ1n) is 10.3. The number of nitrogens with zero attached hydrogens (tertiary/aromatic N) is 5. The number of hydrogen-bond donors (Lipinski definition) is 0. The molecule has 1 saturated carbocycles. The van der Waals surface area contributed by atoms with Gasteiger partial charge in [-0.25, -0.2) is 32.0 Å². The molecule has 1 aliphatic heterocycles. The van der Waals surface area contributed by atoms with Crippen LogP contribution in [0.2, 0.25) is 0 Å². The lowest BCUT2D eigenvalue weighted by atomic mass is 9.84. The largest absolute Gasteiger partial charge is 0.470 e. The average molecular weight is 457 g/mol. The van der Waals surface area contributed by atoms with Crippen LogP contribution in [0.1, 0.15) is 43.5 Å². The minimum Gasteiger partial charge on any atom is -0.470 e. The molecule has 2 aromatic rings. The quantitative estimate of drug-likeness (QED) is 0.614. The molecule has 3 heterocycles. The van der Waals surface area contributed by atoms with E-state index in [4.69, 9.17) is 4.74 Å². The van der Waals surface area contributed by atoms with E-state index in [-0.39, 0.29) is 36.7 Å². The van der Waals surface area contributed by atoms with Crippen LogP contribution in [0.15, 0.2) is 18.3 Å². The Kier molecular flexibility index (Phi) is 6.20. The number of aromatic nitrogens is 4. The van der Waals surface area contributed by atoms with Gasteiger partial charge in [0.05, 0.1) is 25.9 Å². The van der Waals surface area contributed by atoms with Crippen LogP contribution in [0.4, 0.5) is 22.4 Å². The van der Waals surface area contributed by atoms with Gasteiger partial charge < -0.3 is 14.4 Å². The number of alkyl halides is 4. The summed E-state index contributed by atoms with van der Waals surface area (Å²) in [5.74, 6) is -2.35. The Morgan fingerprint density at radius 2 is 1.97 bits per heavy atom. The second kappa shape index (κ2) is 8.91. The molecule has 4 rings (SSSR count). The van der Waals surface area contributed by atoms with Gasteiger partial charge in [-0.15, -0.1) is 0 Å². The summed E-state index contributed by atoms with van der Waals surface area (Å²) in [5, 5.41) is 3.81. The Bertz CT molecular complexity index is 954. The summed E-state index contributed by atoms with van der Waals surface area (Å²) in [6.07, 6.45) is -1.34. The minimum atomic E-state index is -2.74. The molecule has 8 nitrogen and oxygen atoms in total. The third-order valence-corrected chi connectivity index (χ3v) is 5.68. The smallest absolute Gasteiger partial charge is 0.409 e. The van der Waals surface area contributed by atoms with Crippen molar-refractivity contribution in [1.82, 2.24) is 24.6 Å². The topological polar surface area (TPSA) is 82.4 Å². The average Bonchev–Trinajstić information content (AvgIpc) is 3.22. The van der Waals surface area contributed by atoms with Gasteiger partial charge >= 0.3 is 6.09 Å². The predicted octanol–water partition coefficient (Wildman–Crippen LogP) is 3.80. The van der Waals surface area contributed by atoms with Gasteiger partial charge in [0, 0.05) is 25.1 Å². The Balaban J connectivity index is 1.52. The normalized spacial score (nSPS) is 19.1. The number of halogens is 4. The number of ether oxygens (including phenoxy) is 2. The lowest BCUT2D eigenvalue weighted by Crippen LogP contribution is -2.56. The van der Waals surface area contributed by atoms with Crippen molar-refractivity contribution < 1.29 is 31.8 Å². The molecule has 1 amide bonds. The number of hydrogen-bond acceptors (Lipinski definition) is 6. The van der Waals surface area contributed by atoms with E-state index < -0.39 is 24.1 Å². The fraction of sp³-hybridized carbons (Fsp3) is 0.600. The predicted molar refractivity (Wildman–Crippen MR) is 103 cm³/mol. The third kappa shape index (κ3) is 5.10. The molecule has 0 spiro atoms. The first kappa shape index (κ1) is 22.3. The molecule has 0 radical (unpaired) electrons. The molecule has 2 aliphatic rings. The van der Waals surface area contributed by atoms with E-state index in [2.05, 4.69) is 19.8 Å². The standard InChI is InChI=1S/C20H23F4N5O3/c1-31-19(30)28-10-14(11-28)32-16-9-13(8-12-2-5-20(23,24)6-3-12)25-18(26-16)29-7-4-15(27-29)17(21)22/h4,7,9,12,14,17H,2-3,5-6,8,10-11H2,1H3. The molecule has 0 atom stereocenters. The molecule has 32 heavy (non-hydrogen) atoms. The zero-order valence-corrected chi connectivity index (χ0v) is 17.4. The number of carbonyl (C=O) groups excluding carboxylic acids is 1. The highest BCUT2D eigenvalue weighted by molar-refractivity contribution is 5.68. The van der Waals surface area contributed by atoms with Crippen molar-refractivity contribution in [2.75, 3.05) is 20.2 Å². The van der Waals surface area contributed by atoms with Crippen molar-refractivity contribution in [3.8, 4) is 11.8 Å². The Morgan fingerprint density at radius 3 is 2.59 bits per heavy atom.